The summed E-state index contributed by atoms with van der Waals surface area (Å²) in [4.78, 5) is 42.6. The molecule has 7 nitrogen and oxygen atoms in total. The van der Waals surface area contributed by atoms with Gasteiger partial charge in [-0.1, -0.05) is 37.5 Å². The van der Waals surface area contributed by atoms with E-state index in [4.69, 9.17) is 4.98 Å². The number of carbonyl (C=O) groups is 3. The summed E-state index contributed by atoms with van der Waals surface area (Å²) in [5, 5.41) is 6.06. The number of imidazole rings is 1. The molecule has 1 unspecified atom stereocenters. The Morgan fingerprint density at radius 2 is 1.83 bits per heavy atom. The zero-order chi connectivity index (χ0) is 25.1. The predicted octanol–water partition coefficient (Wildman–Crippen LogP) is 5.76. The third-order valence-electron chi connectivity index (χ3n) is 7.51. The second kappa shape index (κ2) is 10.6. The van der Waals surface area contributed by atoms with Gasteiger partial charge in [0.25, 0.3) is 5.91 Å². The highest BCUT2D eigenvalue weighted by Crippen LogP contribution is 2.31. The van der Waals surface area contributed by atoms with Crippen LogP contribution in [0.5, 0.6) is 0 Å². The highest BCUT2D eigenvalue weighted by atomic mass is 16.2. The molecule has 1 atom stereocenters. The Labute approximate surface area is 211 Å². The third-order valence-corrected chi connectivity index (χ3v) is 7.51. The number of anilines is 1. The van der Waals surface area contributed by atoms with E-state index in [1.54, 1.807) is 4.57 Å². The number of allylic oxidation sites excluding steroid dienone is 4. The van der Waals surface area contributed by atoms with Crippen LogP contribution in [0.3, 0.4) is 0 Å². The Bertz CT molecular complexity index is 1280. The lowest BCUT2D eigenvalue weighted by atomic mass is 9.88. The predicted molar refractivity (Wildman–Crippen MR) is 141 cm³/mol. The second-order valence-electron chi connectivity index (χ2n) is 10.1. The summed E-state index contributed by atoms with van der Waals surface area (Å²) in [5.74, 6) is 0.632. The maximum Gasteiger partial charge on any atom is 0.251 e. The molecule has 1 aromatic carbocycles. The van der Waals surface area contributed by atoms with Gasteiger partial charge in [-0.05, 0) is 69.2 Å². The standard InChI is InChI=1S/C29H34N4O3/c1-19(34)33-26-17-16-24(31-29(36)22-10-6-3-7-11-22)18-25(26)32-27(33)20-12-14-23(15-13-20)30-28(35)21-8-4-2-5-9-21/h10,12,14-18,20-21H,2-9,11,13H2,1H3,(H,30,35)(H,31,36). The van der Waals surface area contributed by atoms with E-state index in [0.29, 0.717) is 23.4 Å². The molecule has 0 aliphatic heterocycles. The van der Waals surface area contributed by atoms with Crippen molar-refractivity contribution >= 4 is 34.4 Å². The summed E-state index contributed by atoms with van der Waals surface area (Å²) in [5.41, 5.74) is 3.72. The van der Waals surface area contributed by atoms with E-state index in [2.05, 4.69) is 10.6 Å². The van der Waals surface area contributed by atoms with Crippen LogP contribution in [0.1, 0.15) is 87.7 Å². The molecule has 1 saturated carbocycles. The van der Waals surface area contributed by atoms with Crippen LogP contribution in [0, 0.1) is 5.92 Å². The van der Waals surface area contributed by atoms with E-state index in [0.717, 1.165) is 68.2 Å². The lowest BCUT2D eigenvalue weighted by Crippen LogP contribution is -2.31. The fourth-order valence-electron chi connectivity index (χ4n) is 5.53. The van der Waals surface area contributed by atoms with E-state index in [1.807, 2.05) is 42.5 Å². The monoisotopic (exact) mass is 486 g/mol. The average molecular weight is 487 g/mol. The molecule has 2 N–H and O–H groups in total. The fraction of sp³-hybridized carbons (Fsp3) is 0.448. The smallest absolute Gasteiger partial charge is 0.251 e. The Hall–Kier alpha value is -3.48. The highest BCUT2D eigenvalue weighted by Gasteiger charge is 2.25. The molecule has 0 saturated heterocycles. The van der Waals surface area contributed by atoms with E-state index >= 15 is 0 Å². The largest absolute Gasteiger partial charge is 0.326 e. The minimum atomic E-state index is -0.106. The van der Waals surface area contributed by atoms with Crippen molar-refractivity contribution in [1.82, 2.24) is 14.9 Å². The number of nitrogens with one attached hydrogen (secondary N) is 2. The number of hydrogen-bond donors (Lipinski definition) is 2. The SMILES string of the molecule is CC(=O)n1c(C2C=CC(NC(=O)C3CCCCC3)=CC2)nc2cc(NC(=O)C3=CCCCC3)ccc21. The number of fused-ring (bicyclic) bond motifs is 1. The lowest BCUT2D eigenvalue weighted by molar-refractivity contribution is -0.125. The molecule has 0 spiro atoms. The number of benzene rings is 1. The molecule has 3 aliphatic carbocycles. The molecule has 1 heterocycles. The van der Waals surface area contributed by atoms with Gasteiger partial charge in [0, 0.05) is 35.7 Å². The van der Waals surface area contributed by atoms with Gasteiger partial charge >= 0.3 is 0 Å². The van der Waals surface area contributed by atoms with Gasteiger partial charge in [-0.3, -0.25) is 19.0 Å². The molecule has 2 amide bonds. The molecular formula is C29H34N4O3. The van der Waals surface area contributed by atoms with Crippen molar-refractivity contribution in [1.29, 1.82) is 0 Å². The third kappa shape index (κ3) is 5.20. The van der Waals surface area contributed by atoms with Crippen LogP contribution in [0.15, 0.2) is 53.8 Å². The van der Waals surface area contributed by atoms with Crippen LogP contribution in [-0.2, 0) is 9.59 Å². The quantitative estimate of drug-likeness (QED) is 0.562. The van der Waals surface area contributed by atoms with Crippen molar-refractivity contribution in [3.63, 3.8) is 0 Å². The summed E-state index contributed by atoms with van der Waals surface area (Å²) < 4.78 is 1.65. The van der Waals surface area contributed by atoms with Gasteiger partial charge < -0.3 is 10.6 Å². The summed E-state index contributed by atoms with van der Waals surface area (Å²) in [6.07, 6.45) is 17.9. The van der Waals surface area contributed by atoms with Gasteiger partial charge in [0.05, 0.1) is 11.0 Å². The summed E-state index contributed by atoms with van der Waals surface area (Å²) >= 11 is 0. The minimum absolute atomic E-state index is 0.0663. The number of nitrogens with zero attached hydrogens (tertiary/aromatic N) is 2. The van der Waals surface area contributed by atoms with Crippen LogP contribution in [-0.4, -0.2) is 27.3 Å². The van der Waals surface area contributed by atoms with E-state index in [9.17, 15) is 14.4 Å². The number of rotatable bonds is 5. The van der Waals surface area contributed by atoms with Gasteiger partial charge in [0.15, 0.2) is 0 Å². The molecular weight excluding hydrogens is 452 g/mol. The van der Waals surface area contributed by atoms with Crippen molar-refractivity contribution in [2.24, 2.45) is 5.92 Å². The zero-order valence-corrected chi connectivity index (χ0v) is 20.9. The zero-order valence-electron chi connectivity index (χ0n) is 20.9. The first-order chi connectivity index (χ1) is 17.5. The fourth-order valence-corrected chi connectivity index (χ4v) is 5.53. The molecule has 1 fully saturated rings. The van der Waals surface area contributed by atoms with Crippen LogP contribution in [0.25, 0.3) is 11.0 Å². The van der Waals surface area contributed by atoms with Crippen LogP contribution < -0.4 is 10.6 Å². The van der Waals surface area contributed by atoms with Gasteiger partial charge in [0.2, 0.25) is 11.8 Å². The van der Waals surface area contributed by atoms with E-state index in [-0.39, 0.29) is 29.6 Å². The molecule has 7 heteroatoms. The maximum atomic E-state index is 12.6. The first-order valence-corrected chi connectivity index (χ1v) is 13.2. The minimum Gasteiger partial charge on any atom is -0.326 e. The molecule has 36 heavy (non-hydrogen) atoms. The average Bonchev–Trinajstić information content (AvgIpc) is 3.29. The Kier molecular flexibility index (Phi) is 7.16. The van der Waals surface area contributed by atoms with Gasteiger partial charge in [-0.15, -0.1) is 0 Å². The van der Waals surface area contributed by atoms with E-state index < -0.39 is 0 Å². The molecule has 5 rings (SSSR count). The topological polar surface area (TPSA) is 93.1 Å². The van der Waals surface area contributed by atoms with Crippen molar-refractivity contribution in [2.75, 3.05) is 5.32 Å². The van der Waals surface area contributed by atoms with Crippen molar-refractivity contribution < 1.29 is 14.4 Å². The van der Waals surface area contributed by atoms with Crippen molar-refractivity contribution in [3.8, 4) is 0 Å². The summed E-state index contributed by atoms with van der Waals surface area (Å²) in [6, 6.07) is 5.50. The molecule has 0 radical (unpaired) electrons. The first-order valence-electron chi connectivity index (χ1n) is 13.2. The number of carbonyl (C=O) groups excluding carboxylic acids is 3. The molecule has 3 aliphatic rings. The summed E-state index contributed by atoms with van der Waals surface area (Å²) in [6.45, 7) is 1.54. The Morgan fingerprint density at radius 3 is 2.53 bits per heavy atom. The van der Waals surface area contributed by atoms with E-state index in [1.165, 1.54) is 13.3 Å². The van der Waals surface area contributed by atoms with Gasteiger partial charge in [0.1, 0.15) is 5.82 Å². The van der Waals surface area contributed by atoms with Crippen LogP contribution >= 0.6 is 0 Å². The Balaban J connectivity index is 1.32. The van der Waals surface area contributed by atoms with Crippen LogP contribution in [0.2, 0.25) is 0 Å². The van der Waals surface area contributed by atoms with Crippen LogP contribution in [0.4, 0.5) is 5.69 Å². The lowest BCUT2D eigenvalue weighted by Gasteiger charge is -2.22. The highest BCUT2D eigenvalue weighted by molar-refractivity contribution is 6.04. The first kappa shape index (κ1) is 24.2. The van der Waals surface area contributed by atoms with Gasteiger partial charge in [-0.25, -0.2) is 4.98 Å². The van der Waals surface area contributed by atoms with Crippen molar-refractivity contribution in [2.45, 2.75) is 77.0 Å². The van der Waals surface area contributed by atoms with Crippen molar-refractivity contribution in [3.05, 3.63) is 59.6 Å². The molecule has 2 aromatic rings. The number of amides is 2. The molecule has 188 valence electrons. The normalized spacial score (nSPS) is 20.5. The van der Waals surface area contributed by atoms with Gasteiger partial charge in [-0.2, -0.15) is 0 Å². The second-order valence-corrected chi connectivity index (χ2v) is 10.1. The maximum absolute atomic E-state index is 12.6. The summed E-state index contributed by atoms with van der Waals surface area (Å²) in [7, 11) is 0. The Morgan fingerprint density at radius 1 is 1.00 bits per heavy atom. The molecule has 0 bridgehead atoms. The number of aromatic nitrogens is 2. The molecule has 1 aromatic heterocycles. The number of hydrogen-bond acceptors (Lipinski definition) is 4.